The van der Waals surface area contributed by atoms with Gasteiger partial charge in [-0.05, 0) is 17.7 Å². The van der Waals surface area contributed by atoms with E-state index in [1.165, 1.54) is 0 Å². The molecule has 2 rings (SSSR count). The maximum absolute atomic E-state index is 11.1. The second kappa shape index (κ2) is 3.48. The van der Waals surface area contributed by atoms with Crippen molar-refractivity contribution in [1.29, 1.82) is 0 Å². The highest BCUT2D eigenvalue weighted by molar-refractivity contribution is 7.88. The Labute approximate surface area is 92.1 Å². The topological polar surface area (TPSA) is 84.5 Å². The van der Waals surface area contributed by atoms with E-state index in [4.69, 9.17) is 17.3 Å². The molecule has 1 aliphatic heterocycles. The zero-order valence-electron chi connectivity index (χ0n) is 7.51. The molecule has 5 nitrogen and oxygen atoms in total. The Morgan fingerprint density at radius 2 is 1.93 bits per heavy atom. The molecule has 1 atom stereocenters. The van der Waals surface area contributed by atoms with Crippen LogP contribution in [0.5, 0.6) is 0 Å². The third-order valence-electron chi connectivity index (χ3n) is 1.99. The number of hydrogen-bond acceptors (Lipinski definition) is 3. The second-order valence-corrected chi connectivity index (χ2v) is 4.90. The van der Waals surface area contributed by atoms with Crippen molar-refractivity contribution in [2.75, 3.05) is 0 Å². The number of nitrogens with one attached hydrogen (secondary N) is 1. The van der Waals surface area contributed by atoms with Crippen molar-refractivity contribution in [3.05, 3.63) is 34.9 Å². The van der Waals surface area contributed by atoms with Crippen LogP contribution >= 0.6 is 11.6 Å². The average Bonchev–Trinajstić information content (AvgIpc) is 2.41. The van der Waals surface area contributed by atoms with Gasteiger partial charge in [-0.3, -0.25) is 0 Å². The Kier molecular flexibility index (Phi) is 2.41. The van der Waals surface area contributed by atoms with Crippen molar-refractivity contribution in [2.45, 2.75) is 6.04 Å². The summed E-state index contributed by atoms with van der Waals surface area (Å²) in [5.74, 6) is 0.0392. The average molecular weight is 246 g/mol. The Balaban J connectivity index is 2.35. The van der Waals surface area contributed by atoms with Gasteiger partial charge in [-0.25, -0.2) is 0 Å². The first-order valence-corrected chi connectivity index (χ1v) is 5.93. The van der Waals surface area contributed by atoms with Gasteiger partial charge in [0.1, 0.15) is 11.9 Å². The first-order valence-electron chi connectivity index (χ1n) is 4.11. The summed E-state index contributed by atoms with van der Waals surface area (Å²) < 4.78 is 27.8. The van der Waals surface area contributed by atoms with E-state index in [9.17, 15) is 8.42 Å². The third kappa shape index (κ3) is 2.11. The van der Waals surface area contributed by atoms with Crippen LogP contribution in [0.1, 0.15) is 11.6 Å². The van der Waals surface area contributed by atoms with Gasteiger partial charge in [0.15, 0.2) is 0 Å². The highest BCUT2D eigenvalue weighted by atomic mass is 35.5. The minimum atomic E-state index is -3.62. The zero-order valence-corrected chi connectivity index (χ0v) is 9.09. The summed E-state index contributed by atoms with van der Waals surface area (Å²) in [4.78, 5) is 0. The van der Waals surface area contributed by atoms with Crippen LogP contribution in [-0.2, 0) is 10.2 Å². The van der Waals surface area contributed by atoms with E-state index in [0.717, 1.165) is 0 Å². The zero-order chi connectivity index (χ0) is 11.1. The third-order valence-corrected chi connectivity index (χ3v) is 3.23. The summed E-state index contributed by atoms with van der Waals surface area (Å²) >= 11 is 5.71. The van der Waals surface area contributed by atoms with Gasteiger partial charge in [0, 0.05) is 5.02 Å². The van der Waals surface area contributed by atoms with Crippen molar-refractivity contribution in [3.63, 3.8) is 0 Å². The number of halogens is 1. The molecule has 7 heteroatoms. The quantitative estimate of drug-likeness (QED) is 0.759. The van der Waals surface area contributed by atoms with Crippen LogP contribution in [-0.4, -0.2) is 14.3 Å². The molecule has 1 aromatic carbocycles. The monoisotopic (exact) mass is 245 g/mol. The van der Waals surface area contributed by atoms with Crippen molar-refractivity contribution in [2.24, 2.45) is 10.1 Å². The van der Waals surface area contributed by atoms with Crippen molar-refractivity contribution in [1.82, 2.24) is 4.72 Å². The van der Waals surface area contributed by atoms with Crippen LogP contribution in [0.3, 0.4) is 0 Å². The molecule has 0 spiro atoms. The summed E-state index contributed by atoms with van der Waals surface area (Å²) in [5.41, 5.74) is 6.21. The summed E-state index contributed by atoms with van der Waals surface area (Å²) in [5, 5.41) is 0.579. The molecule has 0 fully saturated rings. The van der Waals surface area contributed by atoms with Gasteiger partial charge < -0.3 is 5.73 Å². The fourth-order valence-electron chi connectivity index (χ4n) is 1.32. The Hall–Kier alpha value is -1.11. The van der Waals surface area contributed by atoms with Gasteiger partial charge >= 0.3 is 10.2 Å². The lowest BCUT2D eigenvalue weighted by atomic mass is 10.1. The van der Waals surface area contributed by atoms with E-state index in [1.54, 1.807) is 24.3 Å². The molecule has 0 saturated carbocycles. The van der Waals surface area contributed by atoms with Gasteiger partial charge in [0.2, 0.25) is 0 Å². The predicted molar refractivity (Wildman–Crippen MR) is 57.9 cm³/mol. The van der Waals surface area contributed by atoms with Gasteiger partial charge in [0.25, 0.3) is 0 Å². The smallest absolute Gasteiger partial charge is 0.322 e. The van der Waals surface area contributed by atoms with Crippen LogP contribution < -0.4 is 10.5 Å². The molecule has 0 aromatic heterocycles. The van der Waals surface area contributed by atoms with Gasteiger partial charge in [0.05, 0.1) is 0 Å². The molecule has 1 aliphatic rings. The van der Waals surface area contributed by atoms with Gasteiger partial charge in [-0.1, -0.05) is 23.7 Å². The van der Waals surface area contributed by atoms with Crippen LogP contribution in [0, 0.1) is 0 Å². The summed E-state index contributed by atoms with van der Waals surface area (Å²) in [6.07, 6.45) is 0. The van der Waals surface area contributed by atoms with E-state index in [1.807, 2.05) is 0 Å². The highest BCUT2D eigenvalue weighted by Crippen LogP contribution is 2.21. The predicted octanol–water partition coefficient (Wildman–Crippen LogP) is 0.586. The van der Waals surface area contributed by atoms with E-state index in [2.05, 4.69) is 9.12 Å². The molecule has 0 saturated heterocycles. The van der Waals surface area contributed by atoms with E-state index < -0.39 is 16.3 Å². The van der Waals surface area contributed by atoms with E-state index in [-0.39, 0.29) is 5.84 Å². The fraction of sp³-hybridized carbons (Fsp3) is 0.125. The first kappa shape index (κ1) is 10.4. The molecule has 0 bridgehead atoms. The largest absolute Gasteiger partial charge is 0.385 e. The maximum atomic E-state index is 11.1. The normalized spacial score (nSPS) is 23.8. The lowest BCUT2D eigenvalue weighted by Crippen LogP contribution is -2.28. The molecular formula is C8H8ClN3O2S. The molecule has 1 heterocycles. The van der Waals surface area contributed by atoms with Crippen molar-refractivity contribution >= 4 is 27.6 Å². The fourth-order valence-corrected chi connectivity index (χ4v) is 2.44. The lowest BCUT2D eigenvalue weighted by Gasteiger charge is -2.09. The molecule has 0 amide bonds. The summed E-state index contributed by atoms with van der Waals surface area (Å²) in [7, 11) is -3.62. The van der Waals surface area contributed by atoms with E-state index >= 15 is 0 Å². The van der Waals surface area contributed by atoms with Crippen molar-refractivity contribution in [3.8, 4) is 0 Å². The maximum Gasteiger partial charge on any atom is 0.322 e. The molecule has 15 heavy (non-hydrogen) atoms. The SMILES string of the molecule is NC1=NS(=O)(=O)N[C@H]1c1ccc(Cl)cc1. The number of hydrogen-bond donors (Lipinski definition) is 2. The Bertz CT molecular complexity index is 509. The number of nitrogens with zero attached hydrogens (tertiary/aromatic N) is 1. The molecule has 80 valence electrons. The van der Waals surface area contributed by atoms with Gasteiger partial charge in [-0.2, -0.15) is 13.1 Å². The Morgan fingerprint density at radius 1 is 1.33 bits per heavy atom. The van der Waals surface area contributed by atoms with Crippen LogP contribution in [0.15, 0.2) is 28.7 Å². The Morgan fingerprint density at radius 3 is 2.40 bits per heavy atom. The summed E-state index contributed by atoms with van der Waals surface area (Å²) in [6.45, 7) is 0. The molecule has 0 radical (unpaired) electrons. The molecular weight excluding hydrogens is 238 g/mol. The second-order valence-electron chi connectivity index (χ2n) is 3.09. The van der Waals surface area contributed by atoms with Gasteiger partial charge in [-0.15, -0.1) is 4.40 Å². The summed E-state index contributed by atoms with van der Waals surface area (Å²) in [6, 6.07) is 6.13. The minimum Gasteiger partial charge on any atom is -0.385 e. The van der Waals surface area contributed by atoms with Crippen molar-refractivity contribution < 1.29 is 8.42 Å². The first-order chi connectivity index (χ1) is 6.98. The molecule has 1 aromatic rings. The minimum absolute atomic E-state index is 0.0392. The number of rotatable bonds is 1. The molecule has 3 N–H and O–H groups in total. The lowest BCUT2D eigenvalue weighted by molar-refractivity contribution is 0.585. The number of nitrogens with two attached hydrogens (primary N) is 1. The molecule has 0 aliphatic carbocycles. The van der Waals surface area contributed by atoms with Crippen LogP contribution in [0.2, 0.25) is 5.02 Å². The van der Waals surface area contributed by atoms with Crippen LogP contribution in [0.25, 0.3) is 0 Å². The number of benzene rings is 1. The van der Waals surface area contributed by atoms with E-state index in [0.29, 0.717) is 10.6 Å². The number of amidine groups is 1. The highest BCUT2D eigenvalue weighted by Gasteiger charge is 2.29. The van der Waals surface area contributed by atoms with Crippen LogP contribution in [0.4, 0.5) is 0 Å². The molecule has 0 unspecified atom stereocenters. The standard InChI is InChI=1S/C8H8ClN3O2S/c9-6-3-1-5(2-4-6)7-8(10)12-15(13,14)11-7/h1-4,7,11H,(H2,10,12)/t7-/m0/s1.